The van der Waals surface area contributed by atoms with Gasteiger partial charge in [0.2, 0.25) is 11.6 Å². The number of ether oxygens (including phenoxy) is 2. The number of hydrogen-bond acceptors (Lipinski definition) is 8. The van der Waals surface area contributed by atoms with E-state index in [0.29, 0.717) is 49.3 Å². The maximum atomic E-state index is 12.6. The van der Waals surface area contributed by atoms with Crippen LogP contribution in [0, 0.1) is 18.3 Å². The van der Waals surface area contributed by atoms with Crippen LogP contribution in [0.25, 0.3) is 11.7 Å². The summed E-state index contributed by atoms with van der Waals surface area (Å²) in [5, 5.41) is 9.64. The predicted molar refractivity (Wildman–Crippen MR) is 135 cm³/mol. The Hall–Kier alpha value is -4.71. The highest BCUT2D eigenvalue weighted by molar-refractivity contribution is 5.78. The minimum absolute atomic E-state index is 0.0195. The van der Waals surface area contributed by atoms with Gasteiger partial charge < -0.3 is 28.1 Å². The third-order valence-corrected chi connectivity index (χ3v) is 6.08. The summed E-state index contributed by atoms with van der Waals surface area (Å²) in [4.78, 5) is 20.6. The number of aryl methyl sites for hydroxylation is 1. The number of amides is 1. The number of furan rings is 1. The van der Waals surface area contributed by atoms with Crippen LogP contribution in [0.4, 0.5) is 5.88 Å². The number of carbonyl (C=O) groups is 1. The second kappa shape index (κ2) is 10.9. The first-order valence-corrected chi connectivity index (χ1v) is 12.0. The molecule has 5 rings (SSSR count). The van der Waals surface area contributed by atoms with Crippen molar-refractivity contribution in [2.75, 3.05) is 37.7 Å². The van der Waals surface area contributed by atoms with E-state index >= 15 is 0 Å². The number of aromatic nitrogens is 1. The highest BCUT2D eigenvalue weighted by Gasteiger charge is 2.27. The number of carbonyl (C=O) groups excluding carboxylic acids is 1. The summed E-state index contributed by atoms with van der Waals surface area (Å²) in [6, 6.07) is 22.7. The van der Waals surface area contributed by atoms with Crippen molar-refractivity contribution in [3.63, 3.8) is 0 Å². The number of anilines is 1. The Bertz CT molecular complexity index is 1400. The van der Waals surface area contributed by atoms with Crippen LogP contribution in [0.3, 0.4) is 0 Å². The highest BCUT2D eigenvalue weighted by Crippen LogP contribution is 2.30. The monoisotopic (exact) mass is 498 g/mol. The smallest absolute Gasteiger partial charge is 0.266 e. The molecule has 9 heteroatoms. The second-order valence-electron chi connectivity index (χ2n) is 8.57. The van der Waals surface area contributed by atoms with Gasteiger partial charge in [0.05, 0.1) is 0 Å². The van der Waals surface area contributed by atoms with Crippen LogP contribution in [0.1, 0.15) is 17.0 Å². The Kier molecular flexibility index (Phi) is 7.08. The van der Waals surface area contributed by atoms with Gasteiger partial charge in [-0.2, -0.15) is 10.2 Å². The first kappa shape index (κ1) is 24.0. The Morgan fingerprint density at radius 3 is 2.49 bits per heavy atom. The second-order valence-corrected chi connectivity index (χ2v) is 8.57. The van der Waals surface area contributed by atoms with Gasteiger partial charge in [0.25, 0.3) is 11.8 Å². The van der Waals surface area contributed by atoms with Gasteiger partial charge in [0, 0.05) is 26.2 Å². The van der Waals surface area contributed by atoms with Crippen LogP contribution in [-0.2, 0) is 11.4 Å². The van der Waals surface area contributed by atoms with Crippen molar-refractivity contribution in [3.8, 4) is 29.2 Å². The van der Waals surface area contributed by atoms with Crippen molar-refractivity contribution >= 4 is 11.8 Å². The van der Waals surface area contributed by atoms with Crippen LogP contribution >= 0.6 is 0 Å². The largest absolute Gasteiger partial charge is 0.485 e. The highest BCUT2D eigenvalue weighted by atomic mass is 16.5. The van der Waals surface area contributed by atoms with E-state index in [1.54, 1.807) is 17.0 Å². The predicted octanol–water partition coefficient (Wildman–Crippen LogP) is 4.42. The van der Waals surface area contributed by atoms with Crippen molar-refractivity contribution in [2.45, 2.75) is 13.5 Å². The molecule has 37 heavy (non-hydrogen) atoms. The Labute approximate surface area is 214 Å². The van der Waals surface area contributed by atoms with E-state index in [4.69, 9.17) is 18.3 Å². The molecule has 3 heterocycles. The fourth-order valence-electron chi connectivity index (χ4n) is 4.05. The minimum atomic E-state index is -0.0849. The summed E-state index contributed by atoms with van der Waals surface area (Å²) >= 11 is 0. The molecule has 0 radical (unpaired) electrons. The van der Waals surface area contributed by atoms with Gasteiger partial charge in [0.15, 0.2) is 12.4 Å². The van der Waals surface area contributed by atoms with Gasteiger partial charge in [-0.3, -0.25) is 4.79 Å². The average Bonchev–Trinajstić information content (AvgIpc) is 3.59. The van der Waals surface area contributed by atoms with Gasteiger partial charge in [0.1, 0.15) is 29.9 Å². The van der Waals surface area contributed by atoms with Gasteiger partial charge >= 0.3 is 0 Å². The molecule has 4 aromatic rings. The molecule has 0 unspecified atom stereocenters. The molecular formula is C28H26N4O5. The standard InChI is InChI=1S/C28H26N4O5/c1-20-7-5-6-10-24(20)35-18-22-11-12-25(36-22)27-30-23(17-29)28(37-27)32-15-13-31(14-16-32)26(33)19-34-21-8-3-2-4-9-21/h2-12H,13-16,18-19H2,1H3. The zero-order chi connectivity index (χ0) is 25.6. The van der Waals surface area contributed by atoms with E-state index in [1.807, 2.05) is 66.4 Å². The fourth-order valence-corrected chi connectivity index (χ4v) is 4.05. The quantitative estimate of drug-likeness (QED) is 0.352. The molecule has 0 bridgehead atoms. The molecule has 1 saturated heterocycles. The zero-order valence-electron chi connectivity index (χ0n) is 20.4. The molecule has 0 N–H and O–H groups in total. The normalized spacial score (nSPS) is 13.3. The number of hydrogen-bond donors (Lipinski definition) is 0. The van der Waals surface area contributed by atoms with Crippen LogP contribution in [0.5, 0.6) is 11.5 Å². The number of oxazole rings is 1. The van der Waals surface area contributed by atoms with Gasteiger partial charge in [-0.15, -0.1) is 0 Å². The summed E-state index contributed by atoms with van der Waals surface area (Å²) in [5.74, 6) is 2.99. The lowest BCUT2D eigenvalue weighted by Gasteiger charge is -2.34. The van der Waals surface area contributed by atoms with Crippen LogP contribution < -0.4 is 14.4 Å². The molecule has 188 valence electrons. The molecule has 2 aromatic heterocycles. The first-order chi connectivity index (χ1) is 18.1. The minimum Gasteiger partial charge on any atom is -0.485 e. The number of nitrogens with zero attached hydrogens (tertiary/aromatic N) is 4. The number of benzene rings is 2. The third kappa shape index (κ3) is 5.59. The van der Waals surface area contributed by atoms with Crippen molar-refractivity contribution < 1.29 is 23.1 Å². The van der Waals surface area contributed by atoms with Gasteiger partial charge in [-0.1, -0.05) is 36.4 Å². The Morgan fingerprint density at radius 2 is 1.73 bits per heavy atom. The molecule has 1 aliphatic heterocycles. The molecule has 1 amide bonds. The summed E-state index contributed by atoms with van der Waals surface area (Å²) in [5.41, 5.74) is 1.21. The van der Waals surface area contributed by atoms with Crippen LogP contribution in [-0.4, -0.2) is 48.6 Å². The topological polar surface area (TPSA) is 105 Å². The van der Waals surface area contributed by atoms with Crippen molar-refractivity contribution in [1.29, 1.82) is 5.26 Å². The van der Waals surface area contributed by atoms with E-state index in [2.05, 4.69) is 11.1 Å². The third-order valence-electron chi connectivity index (χ3n) is 6.08. The lowest BCUT2D eigenvalue weighted by molar-refractivity contribution is -0.133. The first-order valence-electron chi connectivity index (χ1n) is 12.0. The number of piperazine rings is 1. The van der Waals surface area contributed by atoms with Crippen LogP contribution in [0.2, 0.25) is 0 Å². The maximum Gasteiger partial charge on any atom is 0.266 e. The molecule has 9 nitrogen and oxygen atoms in total. The Morgan fingerprint density at radius 1 is 0.973 bits per heavy atom. The lowest BCUT2D eigenvalue weighted by atomic mass is 10.2. The molecule has 1 aliphatic rings. The SMILES string of the molecule is Cc1ccccc1OCc1ccc(-c2nc(C#N)c(N3CCN(C(=O)COc4ccccc4)CC3)o2)o1. The molecule has 0 spiro atoms. The summed E-state index contributed by atoms with van der Waals surface area (Å²) < 4.78 is 23.2. The summed E-state index contributed by atoms with van der Waals surface area (Å²) in [7, 11) is 0. The van der Waals surface area contributed by atoms with Gasteiger partial charge in [-0.25, -0.2) is 0 Å². The molecular weight excluding hydrogens is 472 g/mol. The van der Waals surface area contributed by atoms with Crippen molar-refractivity contribution in [2.24, 2.45) is 0 Å². The van der Waals surface area contributed by atoms with E-state index in [1.165, 1.54) is 0 Å². The van der Waals surface area contributed by atoms with Gasteiger partial charge in [-0.05, 0) is 42.8 Å². The number of para-hydroxylation sites is 2. The summed E-state index contributed by atoms with van der Waals surface area (Å²) in [6.45, 7) is 4.21. The van der Waals surface area contributed by atoms with E-state index in [0.717, 1.165) is 11.3 Å². The fraction of sp³-hybridized carbons (Fsp3) is 0.250. The molecule has 2 aromatic carbocycles. The lowest BCUT2D eigenvalue weighted by Crippen LogP contribution is -2.50. The number of nitriles is 1. The molecule has 1 fully saturated rings. The summed E-state index contributed by atoms with van der Waals surface area (Å²) in [6.07, 6.45) is 0. The Balaban J connectivity index is 1.19. The molecule has 0 saturated carbocycles. The van der Waals surface area contributed by atoms with Crippen molar-refractivity contribution in [1.82, 2.24) is 9.88 Å². The maximum absolute atomic E-state index is 12.6. The van der Waals surface area contributed by atoms with Crippen LogP contribution in [0.15, 0.2) is 75.6 Å². The average molecular weight is 499 g/mol. The van der Waals surface area contributed by atoms with E-state index in [9.17, 15) is 10.1 Å². The number of rotatable bonds is 8. The van der Waals surface area contributed by atoms with Crippen molar-refractivity contribution in [3.05, 3.63) is 83.7 Å². The molecule has 0 atom stereocenters. The molecule has 0 aliphatic carbocycles. The van der Waals surface area contributed by atoms with E-state index < -0.39 is 0 Å². The van der Waals surface area contributed by atoms with E-state index in [-0.39, 0.29) is 30.7 Å². The zero-order valence-corrected chi connectivity index (χ0v) is 20.4.